The number of primary amides is 1. The summed E-state index contributed by atoms with van der Waals surface area (Å²) in [6.07, 6.45) is 1.03. The second-order valence-electron chi connectivity index (χ2n) is 24.0. The van der Waals surface area contributed by atoms with Crippen molar-refractivity contribution in [2.45, 2.75) is 145 Å². The molecular weight excluding hydrogens is 1330 g/mol. The molecule has 5 rings (SSSR count). The number of carbonyl (C=O) groups excluding carboxylic acids is 14. The number of rotatable bonds is 38. The number of hydrogen-bond donors (Lipinski definition) is 19. The largest absolute Gasteiger partial charge is 0.508 e. The van der Waals surface area contributed by atoms with Crippen molar-refractivity contribution in [3.63, 3.8) is 0 Å². The van der Waals surface area contributed by atoms with Gasteiger partial charge in [-0.05, 0) is 68.2 Å². The molecule has 2 aliphatic heterocycles. The van der Waals surface area contributed by atoms with Crippen LogP contribution in [0.5, 0.6) is 5.75 Å². The number of aromatic hydroxyl groups is 1. The van der Waals surface area contributed by atoms with Gasteiger partial charge in [-0.3, -0.25) is 67.1 Å². The molecule has 99 heavy (non-hydrogen) atoms. The molecule has 2 aromatic carbocycles. The molecule has 1 aromatic heterocycles. The quantitative estimate of drug-likeness (QED) is 0.0237. The van der Waals surface area contributed by atoms with E-state index in [1.165, 1.54) is 48.6 Å². The van der Waals surface area contributed by atoms with E-state index in [0.29, 0.717) is 23.2 Å². The van der Waals surface area contributed by atoms with Gasteiger partial charge in [0, 0.05) is 55.7 Å². The SMILES string of the molecule is CC(C)C[C@H](NC(=O)CNC(=O)CNC(=O)[C@H](Cc1ccccc1)NC(=O)[C@H](Cc1cnc[nH]1)NC(=O)CNC(=O)[C@@H](NC(=O)[C@@H](N)CS)[C@@H](C)O)C(=O)N[C@@H](Cc1ccc(O)cc1)C(=O)N1CCC[C@H]1C(=O)N[C@@H](CS)C(=O)N[C@@H](CC(N)=O)C(=O)NCC(=O)N1CCC[C@H]1C(=O)O. The number of phenols is 1. The van der Waals surface area contributed by atoms with Crippen molar-refractivity contribution in [3.05, 3.63) is 83.9 Å². The zero-order valence-electron chi connectivity index (χ0n) is 54.7. The summed E-state index contributed by atoms with van der Waals surface area (Å²) in [5.74, 6) is -14.4. The van der Waals surface area contributed by atoms with Crippen molar-refractivity contribution in [2.75, 3.05) is 50.8 Å². The number of phenolic OH excluding ortho intramolecular Hbond substituents is 1. The number of amides is 14. The van der Waals surface area contributed by atoms with Crippen molar-refractivity contribution in [1.82, 2.24) is 78.3 Å². The van der Waals surface area contributed by atoms with E-state index in [9.17, 15) is 87.2 Å². The van der Waals surface area contributed by atoms with Gasteiger partial charge in [0.15, 0.2) is 0 Å². The molecule has 2 aliphatic rings. The number of carboxylic acids is 1. The maximum absolute atomic E-state index is 14.7. The van der Waals surface area contributed by atoms with Crippen LogP contribution in [-0.4, -0.2) is 241 Å². The molecule has 0 bridgehead atoms. The molecule has 35 nitrogen and oxygen atoms in total. The van der Waals surface area contributed by atoms with Gasteiger partial charge >= 0.3 is 5.97 Å². The average molecular weight is 1420 g/mol. The van der Waals surface area contributed by atoms with E-state index < -0.39 is 188 Å². The number of aliphatic hydroxyl groups excluding tert-OH is 1. The minimum atomic E-state index is -1.65. The monoisotopic (exact) mass is 1420 g/mol. The fourth-order valence-electron chi connectivity index (χ4n) is 10.6. The lowest BCUT2D eigenvalue weighted by atomic mass is 10.0. The Balaban J connectivity index is 1.22. The summed E-state index contributed by atoms with van der Waals surface area (Å²) in [7, 11) is 0. The second kappa shape index (κ2) is 39.5. The van der Waals surface area contributed by atoms with Crippen LogP contribution in [-0.2, 0) is 91.2 Å². The van der Waals surface area contributed by atoms with Gasteiger partial charge in [-0.1, -0.05) is 56.3 Å². The molecule has 0 aliphatic carbocycles. The Kier molecular flexibility index (Phi) is 31.8. The number of aromatic nitrogens is 2. The number of carboxylic acid groups (broad SMARTS) is 1. The summed E-state index contributed by atoms with van der Waals surface area (Å²) in [5, 5.41) is 56.7. The van der Waals surface area contributed by atoms with Crippen molar-refractivity contribution >= 4 is 114 Å². The molecule has 11 atom stereocenters. The average Bonchev–Trinajstić information content (AvgIpc) is 1.72. The molecule has 2 saturated heterocycles. The topological polar surface area (TPSA) is 536 Å². The van der Waals surface area contributed by atoms with Gasteiger partial charge in [-0.25, -0.2) is 9.78 Å². The molecule has 0 spiro atoms. The fourth-order valence-corrected chi connectivity index (χ4v) is 11.0. The highest BCUT2D eigenvalue weighted by Gasteiger charge is 2.41. The van der Waals surface area contributed by atoms with E-state index >= 15 is 0 Å². The number of carbonyl (C=O) groups is 15. The van der Waals surface area contributed by atoms with Crippen LogP contribution in [0, 0.1) is 5.92 Å². The number of aromatic amines is 1. The first kappa shape index (κ1) is 79.8. The predicted molar refractivity (Wildman–Crippen MR) is 358 cm³/mol. The Morgan fingerprint density at radius 3 is 1.72 bits per heavy atom. The molecular formula is C62H87N17O18S2. The summed E-state index contributed by atoms with van der Waals surface area (Å²) in [5.41, 5.74) is 12.5. The van der Waals surface area contributed by atoms with Gasteiger partial charge in [0.25, 0.3) is 0 Å². The number of H-pyrrole nitrogens is 1. The van der Waals surface area contributed by atoms with Gasteiger partial charge in [-0.2, -0.15) is 25.3 Å². The van der Waals surface area contributed by atoms with Crippen molar-refractivity contribution < 1.29 is 87.2 Å². The molecule has 0 saturated carbocycles. The van der Waals surface area contributed by atoms with E-state index in [1.807, 2.05) is 0 Å². The third kappa shape index (κ3) is 25.8. The summed E-state index contributed by atoms with van der Waals surface area (Å²) < 4.78 is 0. The number of nitrogens with one attached hydrogen (secondary N) is 12. The summed E-state index contributed by atoms with van der Waals surface area (Å²) in [4.78, 5) is 209. The van der Waals surface area contributed by atoms with Gasteiger partial charge in [0.1, 0.15) is 60.1 Å². The Bertz CT molecular complexity index is 3350. The molecule has 14 amide bonds. The van der Waals surface area contributed by atoms with Crippen LogP contribution in [0.25, 0.3) is 0 Å². The normalized spacial score (nSPS) is 16.8. The van der Waals surface area contributed by atoms with Crippen molar-refractivity contribution in [2.24, 2.45) is 17.4 Å². The van der Waals surface area contributed by atoms with E-state index in [2.05, 4.69) is 93.7 Å². The first-order valence-electron chi connectivity index (χ1n) is 31.7. The zero-order valence-corrected chi connectivity index (χ0v) is 56.4. The lowest BCUT2D eigenvalue weighted by Crippen LogP contribution is -2.60. The number of nitrogens with two attached hydrogens (primary N) is 2. The first-order valence-corrected chi connectivity index (χ1v) is 33.0. The molecule has 540 valence electrons. The first-order chi connectivity index (χ1) is 47.0. The van der Waals surface area contributed by atoms with E-state index in [1.54, 1.807) is 44.2 Å². The lowest BCUT2D eigenvalue weighted by molar-refractivity contribution is -0.148. The summed E-state index contributed by atoms with van der Waals surface area (Å²) in [6, 6.07) is 0.475. The zero-order chi connectivity index (χ0) is 73.0. The van der Waals surface area contributed by atoms with Crippen molar-refractivity contribution in [1.29, 1.82) is 0 Å². The highest BCUT2D eigenvalue weighted by Crippen LogP contribution is 2.22. The highest BCUT2D eigenvalue weighted by atomic mass is 32.1. The summed E-state index contributed by atoms with van der Waals surface area (Å²) >= 11 is 8.17. The molecule has 0 unspecified atom stereocenters. The van der Waals surface area contributed by atoms with Gasteiger partial charge < -0.3 is 100 Å². The third-order valence-corrected chi connectivity index (χ3v) is 16.5. The Labute approximate surface area is 579 Å². The van der Waals surface area contributed by atoms with E-state index in [4.69, 9.17) is 11.5 Å². The van der Waals surface area contributed by atoms with Gasteiger partial charge in [0.05, 0.1) is 51.1 Å². The van der Waals surface area contributed by atoms with Gasteiger partial charge in [-0.15, -0.1) is 0 Å². The predicted octanol–water partition coefficient (Wildman–Crippen LogP) is -6.44. The van der Waals surface area contributed by atoms with E-state index in [0.717, 1.165) is 4.90 Å². The fraction of sp³-hybridized carbons (Fsp3) is 0.516. The van der Waals surface area contributed by atoms with E-state index in [-0.39, 0.29) is 81.2 Å². The van der Waals surface area contributed by atoms with Crippen LogP contribution >= 0.6 is 25.3 Å². The Morgan fingerprint density at radius 1 is 0.576 bits per heavy atom. The van der Waals surface area contributed by atoms with Crippen LogP contribution in [0.15, 0.2) is 67.1 Å². The highest BCUT2D eigenvalue weighted by molar-refractivity contribution is 7.80. The van der Waals surface area contributed by atoms with Gasteiger partial charge in [0.2, 0.25) is 82.7 Å². The summed E-state index contributed by atoms with van der Waals surface area (Å²) in [6.45, 7) is 2.00. The smallest absolute Gasteiger partial charge is 0.326 e. The van der Waals surface area contributed by atoms with Crippen LogP contribution in [0.2, 0.25) is 0 Å². The molecule has 19 N–H and O–H groups in total. The third-order valence-electron chi connectivity index (χ3n) is 15.7. The number of thiol groups is 2. The number of benzene rings is 2. The molecule has 3 aromatic rings. The number of hydrogen-bond acceptors (Lipinski definition) is 21. The van der Waals surface area contributed by atoms with Crippen LogP contribution in [0.3, 0.4) is 0 Å². The minimum absolute atomic E-state index is 0.000715. The van der Waals surface area contributed by atoms with Crippen LogP contribution < -0.4 is 70.0 Å². The maximum atomic E-state index is 14.7. The second-order valence-corrected chi connectivity index (χ2v) is 24.8. The number of nitrogens with zero attached hydrogens (tertiary/aromatic N) is 3. The number of imidazole rings is 1. The maximum Gasteiger partial charge on any atom is 0.326 e. The van der Waals surface area contributed by atoms with Crippen LogP contribution in [0.4, 0.5) is 0 Å². The lowest BCUT2D eigenvalue weighted by Gasteiger charge is -2.31. The van der Waals surface area contributed by atoms with Crippen molar-refractivity contribution in [3.8, 4) is 5.75 Å². The number of aliphatic carboxylic acids is 1. The Hall–Kier alpha value is -9.88. The number of likely N-dealkylation sites (tertiary alicyclic amines) is 2. The molecule has 37 heteroatoms. The standard InChI is InChI=1S/C62H87N17O18S2/c1-32(2)19-39(71-49(84)26-66-48(83)25-67-54(88)40(20-34-9-5-4-6-10-34)73-57(91)41(22-36-24-65-31-70-36)72-50(85)27-68-60(94)52(33(3)80)77-53(87)38(63)29-98)56(90)75-43(21-35-13-15-37(81)16-14-35)61(95)79-18-7-11-45(79)59(93)76-44(30-99)58(92)74-42(23-47(64)82)55(89)69-28-51(86)78-17-8-12-46(78)62(96)97/h4-6,9-10,13-16,24,31-33,38-46,52,80-81,98-99H,7-8,11-12,17-23,25-30,63H2,1-3H3,(H2,64,82)(H,65,70)(H,66,83)(H,67,88)(H,68,94)(H,69,89)(H,71,84)(H,72,85)(H,73,91)(H,74,92)(H,75,90)(H,76,93)(H,77,87)(H,96,97)/t33-,38+,39+,40+,41+,42+,43+,44+,45+,46+,52+/m1/s1. The molecule has 3 heterocycles. The van der Waals surface area contributed by atoms with Crippen LogP contribution in [0.1, 0.15) is 76.1 Å². The molecule has 2 fully saturated rings. The number of aliphatic hydroxyl groups is 1. The Morgan fingerprint density at radius 2 is 1.11 bits per heavy atom. The minimum Gasteiger partial charge on any atom is -0.508 e. The molecule has 0 radical (unpaired) electrons.